The summed E-state index contributed by atoms with van der Waals surface area (Å²) in [6.45, 7) is 6.14. The molecule has 3 unspecified atom stereocenters. The Bertz CT molecular complexity index is 684. The van der Waals surface area contributed by atoms with E-state index in [0.29, 0.717) is 29.3 Å². The minimum atomic E-state index is -0.0914. The van der Waals surface area contributed by atoms with Gasteiger partial charge in [-0.2, -0.15) is 0 Å². The Morgan fingerprint density at radius 2 is 2.23 bits per heavy atom. The van der Waals surface area contributed by atoms with Crippen molar-refractivity contribution in [1.82, 2.24) is 19.5 Å². The van der Waals surface area contributed by atoms with Crippen molar-refractivity contribution in [3.05, 3.63) is 12.7 Å². The lowest BCUT2D eigenvalue weighted by Crippen LogP contribution is -2.13. The number of anilines is 1. The summed E-state index contributed by atoms with van der Waals surface area (Å²) in [5.41, 5.74) is 1.29. The van der Waals surface area contributed by atoms with Gasteiger partial charge < -0.3 is 10.1 Å². The summed E-state index contributed by atoms with van der Waals surface area (Å²) in [7, 11) is 0. The fourth-order valence-corrected chi connectivity index (χ4v) is 2.91. The first-order valence-electron chi connectivity index (χ1n) is 7.76. The third-order valence-corrected chi connectivity index (χ3v) is 4.19. The van der Waals surface area contributed by atoms with E-state index in [1.54, 1.807) is 13.3 Å². The second kappa shape index (κ2) is 6.00. The number of imidazole rings is 1. The van der Waals surface area contributed by atoms with Gasteiger partial charge in [0.2, 0.25) is 5.91 Å². The molecular formula is C15H21N5O2. The maximum Gasteiger partial charge on any atom is 0.225 e. The van der Waals surface area contributed by atoms with E-state index < -0.39 is 0 Å². The van der Waals surface area contributed by atoms with E-state index in [1.165, 1.54) is 6.33 Å². The van der Waals surface area contributed by atoms with Gasteiger partial charge in [0.25, 0.3) is 0 Å². The molecule has 1 fully saturated rings. The Labute approximate surface area is 129 Å². The summed E-state index contributed by atoms with van der Waals surface area (Å²) in [6.07, 6.45) is 5.70. The summed E-state index contributed by atoms with van der Waals surface area (Å²) in [4.78, 5) is 24.4. The van der Waals surface area contributed by atoms with Crippen molar-refractivity contribution in [2.24, 2.45) is 5.92 Å². The first-order valence-corrected chi connectivity index (χ1v) is 7.76. The van der Waals surface area contributed by atoms with E-state index in [-0.39, 0.29) is 18.2 Å². The molecule has 3 heterocycles. The number of nitrogens with zero attached hydrogens (tertiary/aromatic N) is 4. The number of fused-ring (bicyclic) bond motifs is 1. The molecular weight excluding hydrogens is 282 g/mol. The highest BCUT2D eigenvalue weighted by Gasteiger charge is 2.33. The second-order valence-electron chi connectivity index (χ2n) is 5.70. The maximum absolute atomic E-state index is 11.6. The molecule has 1 N–H and O–H groups in total. The van der Waals surface area contributed by atoms with Crippen LogP contribution >= 0.6 is 0 Å². The summed E-state index contributed by atoms with van der Waals surface area (Å²) >= 11 is 0. The van der Waals surface area contributed by atoms with Gasteiger partial charge in [-0.3, -0.25) is 9.36 Å². The highest BCUT2D eigenvalue weighted by molar-refractivity contribution is 5.96. The zero-order chi connectivity index (χ0) is 15.7. The van der Waals surface area contributed by atoms with Crippen molar-refractivity contribution in [1.29, 1.82) is 0 Å². The quantitative estimate of drug-likeness (QED) is 0.938. The van der Waals surface area contributed by atoms with Crippen LogP contribution in [0.15, 0.2) is 12.7 Å². The van der Waals surface area contributed by atoms with E-state index in [2.05, 4.69) is 34.1 Å². The molecule has 7 nitrogen and oxygen atoms in total. The molecule has 1 aliphatic heterocycles. The van der Waals surface area contributed by atoms with E-state index in [1.807, 2.05) is 4.57 Å². The smallest absolute Gasteiger partial charge is 0.225 e. The molecule has 1 saturated heterocycles. The molecule has 2 aromatic rings. The molecule has 0 radical (unpaired) electrons. The lowest BCUT2D eigenvalue weighted by atomic mass is 10.0. The van der Waals surface area contributed by atoms with Crippen LogP contribution in [0.4, 0.5) is 5.82 Å². The average molecular weight is 303 g/mol. The Hall–Kier alpha value is -2.02. The van der Waals surface area contributed by atoms with Crippen LogP contribution in [0.1, 0.15) is 46.3 Å². The molecule has 0 spiro atoms. The molecule has 1 aliphatic rings. The highest BCUT2D eigenvalue weighted by Crippen LogP contribution is 2.36. The summed E-state index contributed by atoms with van der Waals surface area (Å²) in [5.74, 6) is 0.869. The summed E-state index contributed by atoms with van der Waals surface area (Å²) in [6, 6.07) is 0. The van der Waals surface area contributed by atoms with E-state index in [4.69, 9.17) is 4.74 Å². The van der Waals surface area contributed by atoms with Crippen molar-refractivity contribution >= 4 is 22.9 Å². The van der Waals surface area contributed by atoms with E-state index in [9.17, 15) is 4.79 Å². The number of rotatable bonds is 4. The van der Waals surface area contributed by atoms with Crippen LogP contribution in [-0.4, -0.2) is 31.5 Å². The Morgan fingerprint density at radius 3 is 2.91 bits per heavy atom. The van der Waals surface area contributed by atoms with Gasteiger partial charge in [-0.1, -0.05) is 20.8 Å². The zero-order valence-electron chi connectivity index (χ0n) is 13.1. The number of carbonyl (C=O) groups excluding carboxylic acids is 1. The minimum Gasteiger partial charge on any atom is -0.354 e. The number of aromatic nitrogens is 4. The molecule has 0 saturated carbocycles. The average Bonchev–Trinajstić information content (AvgIpc) is 3.10. The zero-order valence-corrected chi connectivity index (χ0v) is 13.1. The van der Waals surface area contributed by atoms with Crippen LogP contribution in [0, 0.1) is 5.92 Å². The lowest BCUT2D eigenvalue weighted by molar-refractivity contribution is -0.115. The minimum absolute atomic E-state index is 0.0606. The third-order valence-electron chi connectivity index (χ3n) is 4.19. The van der Waals surface area contributed by atoms with Gasteiger partial charge in [-0.25, -0.2) is 15.0 Å². The monoisotopic (exact) mass is 303 g/mol. The van der Waals surface area contributed by atoms with E-state index in [0.717, 1.165) is 12.8 Å². The Morgan fingerprint density at radius 1 is 1.41 bits per heavy atom. The van der Waals surface area contributed by atoms with Crippen LogP contribution in [-0.2, 0) is 9.53 Å². The van der Waals surface area contributed by atoms with Crippen LogP contribution in [0.2, 0.25) is 0 Å². The molecule has 2 aromatic heterocycles. The molecule has 3 atom stereocenters. The van der Waals surface area contributed by atoms with Crippen molar-refractivity contribution < 1.29 is 9.53 Å². The standard InChI is InChI=1S/C15H21N5O2/c1-4-10-9(3)6-12(22-10)20-8-18-13-14(19-11(21)5-2)16-7-17-15(13)20/h7-10,12H,4-6H2,1-3H3,(H,16,17,19,21). The fourth-order valence-electron chi connectivity index (χ4n) is 2.91. The molecule has 7 heteroatoms. The number of carbonyl (C=O) groups is 1. The van der Waals surface area contributed by atoms with Crippen molar-refractivity contribution in [3.8, 4) is 0 Å². The van der Waals surface area contributed by atoms with Gasteiger partial charge in [0.05, 0.1) is 12.4 Å². The molecule has 22 heavy (non-hydrogen) atoms. The first-order chi connectivity index (χ1) is 10.6. The van der Waals surface area contributed by atoms with Gasteiger partial charge >= 0.3 is 0 Å². The van der Waals surface area contributed by atoms with Crippen LogP contribution in [0.25, 0.3) is 11.2 Å². The maximum atomic E-state index is 11.6. The van der Waals surface area contributed by atoms with Crippen LogP contribution in [0.5, 0.6) is 0 Å². The fraction of sp³-hybridized carbons (Fsp3) is 0.600. The predicted octanol–water partition coefficient (Wildman–Crippen LogP) is 2.51. The molecule has 0 aromatic carbocycles. The van der Waals surface area contributed by atoms with Crippen LogP contribution < -0.4 is 5.32 Å². The lowest BCUT2D eigenvalue weighted by Gasteiger charge is -2.14. The van der Waals surface area contributed by atoms with Crippen LogP contribution in [0.3, 0.4) is 0 Å². The van der Waals surface area contributed by atoms with Gasteiger partial charge in [0.1, 0.15) is 12.6 Å². The predicted molar refractivity (Wildman–Crippen MR) is 82.2 cm³/mol. The summed E-state index contributed by atoms with van der Waals surface area (Å²) < 4.78 is 8.03. The molecule has 3 rings (SSSR count). The van der Waals surface area contributed by atoms with Crippen molar-refractivity contribution in [2.75, 3.05) is 5.32 Å². The third kappa shape index (κ3) is 2.56. The number of hydrogen-bond donors (Lipinski definition) is 1. The van der Waals surface area contributed by atoms with Crippen molar-refractivity contribution in [2.45, 2.75) is 52.4 Å². The number of ether oxygens (including phenoxy) is 1. The Balaban J connectivity index is 1.93. The largest absolute Gasteiger partial charge is 0.354 e. The molecule has 0 bridgehead atoms. The Kier molecular flexibility index (Phi) is 4.06. The normalized spacial score (nSPS) is 24.8. The number of hydrogen-bond acceptors (Lipinski definition) is 5. The van der Waals surface area contributed by atoms with Gasteiger partial charge in [-0.05, 0) is 18.8 Å². The van der Waals surface area contributed by atoms with Gasteiger partial charge in [0, 0.05) is 6.42 Å². The van der Waals surface area contributed by atoms with Gasteiger partial charge in [0.15, 0.2) is 17.0 Å². The van der Waals surface area contributed by atoms with E-state index >= 15 is 0 Å². The second-order valence-corrected chi connectivity index (χ2v) is 5.70. The molecule has 0 aliphatic carbocycles. The SMILES string of the molecule is CCC(=O)Nc1ncnc2c1ncn2C1CC(C)C(CC)O1. The number of nitrogens with one attached hydrogen (secondary N) is 1. The topological polar surface area (TPSA) is 81.9 Å². The molecule has 1 amide bonds. The molecule has 118 valence electrons. The first kappa shape index (κ1) is 14.9. The summed E-state index contributed by atoms with van der Waals surface area (Å²) in [5, 5.41) is 2.76. The van der Waals surface area contributed by atoms with Crippen molar-refractivity contribution in [3.63, 3.8) is 0 Å². The van der Waals surface area contributed by atoms with Gasteiger partial charge in [-0.15, -0.1) is 0 Å². The highest BCUT2D eigenvalue weighted by atomic mass is 16.5. The number of amides is 1.